The van der Waals surface area contributed by atoms with Crippen molar-refractivity contribution in [2.45, 2.75) is 25.4 Å². The van der Waals surface area contributed by atoms with Crippen LogP contribution in [-0.4, -0.2) is 23.3 Å². The number of carbonyl (C=O) groups is 2. The molecule has 3 aromatic carbocycles. The molecule has 4 nitrogen and oxygen atoms in total. The van der Waals surface area contributed by atoms with Gasteiger partial charge in [-0.3, -0.25) is 9.59 Å². The number of halogens is 1. The molecule has 0 unspecified atom stereocenters. The predicted octanol–water partition coefficient (Wildman–Crippen LogP) is 4.96. The lowest BCUT2D eigenvalue weighted by atomic mass is 9.95. The quantitative estimate of drug-likeness (QED) is 0.635. The molecular weight excluding hydrogens is 408 g/mol. The topological polar surface area (TPSA) is 49.4 Å². The Labute approximate surface area is 186 Å². The van der Waals surface area contributed by atoms with Crippen LogP contribution < -0.4 is 5.32 Å². The highest BCUT2D eigenvalue weighted by Gasteiger charge is 2.34. The van der Waals surface area contributed by atoms with Crippen LogP contribution in [0.25, 0.3) is 11.1 Å². The Balaban J connectivity index is 1.32. The van der Waals surface area contributed by atoms with Crippen LogP contribution in [0.15, 0.2) is 72.8 Å². The van der Waals surface area contributed by atoms with Crippen LogP contribution in [0.4, 0.5) is 0 Å². The number of amides is 2. The van der Waals surface area contributed by atoms with Gasteiger partial charge >= 0.3 is 0 Å². The molecule has 0 spiro atoms. The third-order valence-electron chi connectivity index (χ3n) is 6.28. The number of hydrogen-bond acceptors (Lipinski definition) is 2. The lowest BCUT2D eigenvalue weighted by Crippen LogP contribution is -2.46. The molecular formula is C26H23ClN2O2. The summed E-state index contributed by atoms with van der Waals surface area (Å²) in [6, 6.07) is 23.8. The average Bonchev–Trinajstić information content (AvgIpc) is 3.11. The first-order valence-electron chi connectivity index (χ1n) is 10.6. The van der Waals surface area contributed by atoms with Crippen molar-refractivity contribution in [3.05, 3.63) is 94.5 Å². The van der Waals surface area contributed by atoms with Crippen molar-refractivity contribution in [3.8, 4) is 11.1 Å². The molecule has 156 valence electrons. The molecule has 2 amide bonds. The molecule has 5 heteroatoms. The number of likely N-dealkylation sites (tertiary alicyclic amines) is 1. The van der Waals surface area contributed by atoms with Crippen molar-refractivity contribution in [1.29, 1.82) is 0 Å². The molecule has 0 bridgehead atoms. The van der Waals surface area contributed by atoms with Crippen LogP contribution in [0.1, 0.15) is 35.6 Å². The zero-order valence-electron chi connectivity index (χ0n) is 17.1. The van der Waals surface area contributed by atoms with Crippen molar-refractivity contribution in [2.75, 3.05) is 6.54 Å². The summed E-state index contributed by atoms with van der Waals surface area (Å²) in [6.07, 6.45) is 0.974. The summed E-state index contributed by atoms with van der Waals surface area (Å²) < 4.78 is 0. The van der Waals surface area contributed by atoms with E-state index in [0.717, 1.165) is 16.7 Å². The van der Waals surface area contributed by atoms with Gasteiger partial charge in [-0.1, -0.05) is 72.3 Å². The van der Waals surface area contributed by atoms with Gasteiger partial charge in [-0.15, -0.1) is 0 Å². The van der Waals surface area contributed by atoms with E-state index in [0.29, 0.717) is 31.0 Å². The van der Waals surface area contributed by atoms with Gasteiger partial charge < -0.3 is 10.2 Å². The minimum atomic E-state index is -0.218. The summed E-state index contributed by atoms with van der Waals surface area (Å²) in [7, 11) is 0. The fourth-order valence-corrected chi connectivity index (χ4v) is 4.79. The highest BCUT2D eigenvalue weighted by Crippen LogP contribution is 2.43. The van der Waals surface area contributed by atoms with E-state index in [4.69, 9.17) is 11.6 Å². The minimum absolute atomic E-state index is 0.00473. The number of rotatable bonds is 4. The molecule has 1 atom stereocenters. The number of benzene rings is 3. The second-order valence-electron chi connectivity index (χ2n) is 8.25. The summed E-state index contributed by atoms with van der Waals surface area (Å²) >= 11 is 5.97. The summed E-state index contributed by atoms with van der Waals surface area (Å²) in [5, 5.41) is 3.94. The third-order valence-corrected chi connectivity index (χ3v) is 6.53. The van der Waals surface area contributed by atoms with Crippen molar-refractivity contribution >= 4 is 23.4 Å². The Morgan fingerprint density at radius 2 is 1.55 bits per heavy atom. The molecule has 1 saturated heterocycles. The zero-order valence-corrected chi connectivity index (χ0v) is 17.8. The van der Waals surface area contributed by atoms with Crippen LogP contribution in [0.2, 0.25) is 5.02 Å². The molecule has 2 aliphatic rings. The molecule has 31 heavy (non-hydrogen) atoms. The van der Waals surface area contributed by atoms with Gasteiger partial charge in [0.05, 0.1) is 12.0 Å². The normalized spacial score (nSPS) is 17.9. The molecule has 1 fully saturated rings. The smallest absolute Gasteiger partial charge is 0.225 e. The minimum Gasteiger partial charge on any atom is -0.345 e. The second-order valence-corrected chi connectivity index (χ2v) is 8.69. The fourth-order valence-electron chi connectivity index (χ4n) is 4.66. The first kappa shape index (κ1) is 19.8. The Morgan fingerprint density at radius 1 is 0.935 bits per heavy atom. The predicted molar refractivity (Wildman–Crippen MR) is 121 cm³/mol. The Kier molecular flexibility index (Phi) is 5.24. The molecule has 1 heterocycles. The Morgan fingerprint density at radius 3 is 2.19 bits per heavy atom. The van der Waals surface area contributed by atoms with E-state index in [1.165, 1.54) is 11.1 Å². The van der Waals surface area contributed by atoms with Gasteiger partial charge in [0.2, 0.25) is 11.8 Å². The van der Waals surface area contributed by atoms with Gasteiger partial charge in [-0.05, 0) is 46.4 Å². The first-order valence-corrected chi connectivity index (χ1v) is 11.0. The molecule has 3 aromatic rings. The number of piperidine rings is 1. The fraction of sp³-hybridized carbons (Fsp3) is 0.231. The number of fused-ring (bicyclic) bond motifs is 3. The maximum absolute atomic E-state index is 13.3. The van der Waals surface area contributed by atoms with E-state index in [2.05, 4.69) is 29.6 Å². The van der Waals surface area contributed by atoms with Gasteiger partial charge in [-0.2, -0.15) is 0 Å². The standard InChI is InChI=1S/C26H23ClN2O2/c27-19-12-9-17(10-13-19)15-29-16-18(11-14-24(29)30)26(31)28-25-22-7-3-1-5-20(22)21-6-2-4-8-23(21)25/h1-10,12-13,18,25H,11,14-16H2,(H,28,31)/t18-/m0/s1. The second kappa shape index (κ2) is 8.20. The van der Waals surface area contributed by atoms with Crippen molar-refractivity contribution in [3.63, 3.8) is 0 Å². The van der Waals surface area contributed by atoms with Crippen LogP contribution in [0.5, 0.6) is 0 Å². The number of carbonyl (C=O) groups excluding carboxylic acids is 2. The summed E-state index contributed by atoms with van der Waals surface area (Å²) in [4.78, 5) is 27.5. The number of nitrogens with one attached hydrogen (secondary N) is 1. The molecule has 1 aliphatic carbocycles. The zero-order chi connectivity index (χ0) is 21.4. The van der Waals surface area contributed by atoms with Crippen LogP contribution in [-0.2, 0) is 16.1 Å². The van der Waals surface area contributed by atoms with Gasteiger partial charge in [0.1, 0.15) is 0 Å². The van der Waals surface area contributed by atoms with E-state index in [9.17, 15) is 9.59 Å². The van der Waals surface area contributed by atoms with E-state index >= 15 is 0 Å². The first-order chi connectivity index (χ1) is 15.1. The Bertz CT molecular complexity index is 1100. The summed E-state index contributed by atoms with van der Waals surface area (Å²) in [6.45, 7) is 0.929. The molecule has 0 radical (unpaired) electrons. The highest BCUT2D eigenvalue weighted by atomic mass is 35.5. The van der Waals surface area contributed by atoms with Crippen LogP contribution >= 0.6 is 11.6 Å². The van der Waals surface area contributed by atoms with Gasteiger partial charge in [-0.25, -0.2) is 0 Å². The number of hydrogen-bond donors (Lipinski definition) is 1. The maximum atomic E-state index is 13.3. The largest absolute Gasteiger partial charge is 0.345 e. The van der Waals surface area contributed by atoms with E-state index in [1.807, 2.05) is 48.5 Å². The van der Waals surface area contributed by atoms with Crippen molar-refractivity contribution < 1.29 is 9.59 Å². The summed E-state index contributed by atoms with van der Waals surface area (Å²) in [5.74, 6) is -0.120. The highest BCUT2D eigenvalue weighted by molar-refractivity contribution is 6.30. The lowest BCUT2D eigenvalue weighted by molar-refractivity contribution is -0.139. The molecule has 1 N–H and O–H groups in total. The van der Waals surface area contributed by atoms with Gasteiger partial charge in [0, 0.05) is 24.5 Å². The van der Waals surface area contributed by atoms with Crippen molar-refractivity contribution in [1.82, 2.24) is 10.2 Å². The molecule has 5 rings (SSSR count). The van der Waals surface area contributed by atoms with Crippen LogP contribution in [0, 0.1) is 5.92 Å². The SMILES string of the molecule is O=C(NC1c2ccccc2-c2ccccc21)[C@H]1CCC(=O)N(Cc2ccc(Cl)cc2)C1. The van der Waals surface area contributed by atoms with Crippen LogP contribution in [0.3, 0.4) is 0 Å². The van der Waals surface area contributed by atoms with E-state index in [-0.39, 0.29) is 23.8 Å². The van der Waals surface area contributed by atoms with E-state index < -0.39 is 0 Å². The lowest BCUT2D eigenvalue weighted by Gasteiger charge is -2.32. The third kappa shape index (κ3) is 3.84. The van der Waals surface area contributed by atoms with Gasteiger partial charge in [0.25, 0.3) is 0 Å². The average molecular weight is 431 g/mol. The molecule has 1 aliphatic heterocycles. The maximum Gasteiger partial charge on any atom is 0.225 e. The summed E-state index contributed by atoms with van der Waals surface area (Å²) in [5.41, 5.74) is 5.61. The molecule has 0 aromatic heterocycles. The van der Waals surface area contributed by atoms with Gasteiger partial charge in [0.15, 0.2) is 0 Å². The number of nitrogens with zero attached hydrogens (tertiary/aromatic N) is 1. The molecule has 0 saturated carbocycles. The van der Waals surface area contributed by atoms with E-state index in [1.54, 1.807) is 4.90 Å². The van der Waals surface area contributed by atoms with Crippen molar-refractivity contribution in [2.24, 2.45) is 5.92 Å². The monoisotopic (exact) mass is 430 g/mol. The Hall–Kier alpha value is -3.11.